The summed E-state index contributed by atoms with van der Waals surface area (Å²) in [4.78, 5) is 11.5. The van der Waals surface area contributed by atoms with Crippen LogP contribution in [0, 0.1) is 5.92 Å². The van der Waals surface area contributed by atoms with Gasteiger partial charge in [0.2, 0.25) is 5.91 Å². The van der Waals surface area contributed by atoms with Crippen LogP contribution in [-0.4, -0.2) is 18.0 Å². The van der Waals surface area contributed by atoms with Gasteiger partial charge >= 0.3 is 0 Å². The molecular weight excluding hydrogens is 176 g/mol. The van der Waals surface area contributed by atoms with Crippen LogP contribution in [0.3, 0.4) is 0 Å². The summed E-state index contributed by atoms with van der Waals surface area (Å²) >= 11 is 0. The molecule has 2 atom stereocenters. The fourth-order valence-corrected chi connectivity index (χ4v) is 2.09. The summed E-state index contributed by atoms with van der Waals surface area (Å²) in [5.41, 5.74) is 5.65. The summed E-state index contributed by atoms with van der Waals surface area (Å²) in [6, 6.07) is -0.0403. The average molecular weight is 198 g/mol. The Morgan fingerprint density at radius 1 is 1.50 bits per heavy atom. The van der Waals surface area contributed by atoms with Crippen molar-refractivity contribution in [3.63, 3.8) is 0 Å². The van der Waals surface area contributed by atoms with Crippen molar-refractivity contribution >= 4 is 5.91 Å². The van der Waals surface area contributed by atoms with Gasteiger partial charge < -0.3 is 11.1 Å². The van der Waals surface area contributed by atoms with Crippen molar-refractivity contribution in [1.82, 2.24) is 5.32 Å². The second-order valence-electron chi connectivity index (χ2n) is 4.36. The number of hydrogen-bond donors (Lipinski definition) is 2. The first-order valence-electron chi connectivity index (χ1n) is 5.71. The Bertz CT molecular complexity index is 188. The van der Waals surface area contributed by atoms with Gasteiger partial charge in [-0.3, -0.25) is 4.79 Å². The Labute approximate surface area is 86.4 Å². The largest absolute Gasteiger partial charge is 0.352 e. The van der Waals surface area contributed by atoms with Gasteiger partial charge in [0.1, 0.15) is 0 Å². The summed E-state index contributed by atoms with van der Waals surface area (Å²) in [6.45, 7) is 4.03. The van der Waals surface area contributed by atoms with E-state index in [2.05, 4.69) is 12.2 Å². The maximum absolute atomic E-state index is 11.5. The molecule has 0 aromatic rings. The molecule has 0 aromatic heterocycles. The molecular formula is C11H22N2O. The van der Waals surface area contributed by atoms with Crippen molar-refractivity contribution in [2.75, 3.05) is 0 Å². The standard InChI is InChI=1S/C11H22N2O/c1-3-10(12)11(14)13-8(2)9-6-4-5-7-9/h8-10H,3-7,12H2,1-2H3,(H,13,14)/t8-,10+/m0/s1. The van der Waals surface area contributed by atoms with Crippen molar-refractivity contribution in [1.29, 1.82) is 0 Å². The van der Waals surface area contributed by atoms with Crippen LogP contribution in [0.25, 0.3) is 0 Å². The second-order valence-corrected chi connectivity index (χ2v) is 4.36. The topological polar surface area (TPSA) is 55.1 Å². The highest BCUT2D eigenvalue weighted by atomic mass is 16.2. The van der Waals surface area contributed by atoms with Crippen LogP contribution >= 0.6 is 0 Å². The Kier molecular flexibility index (Phi) is 4.39. The lowest BCUT2D eigenvalue weighted by Crippen LogP contribution is -2.46. The third-order valence-corrected chi connectivity index (χ3v) is 3.25. The predicted molar refractivity (Wildman–Crippen MR) is 57.8 cm³/mol. The summed E-state index contributed by atoms with van der Waals surface area (Å²) in [5, 5.41) is 3.01. The zero-order valence-corrected chi connectivity index (χ0v) is 9.25. The van der Waals surface area contributed by atoms with Crippen molar-refractivity contribution in [2.24, 2.45) is 11.7 Å². The molecule has 0 bridgehead atoms. The van der Waals surface area contributed by atoms with E-state index in [-0.39, 0.29) is 11.9 Å². The molecule has 1 saturated carbocycles. The van der Waals surface area contributed by atoms with Gasteiger partial charge in [-0.1, -0.05) is 19.8 Å². The molecule has 1 aliphatic rings. The molecule has 0 aromatic carbocycles. The number of rotatable bonds is 4. The van der Waals surface area contributed by atoms with Gasteiger partial charge in [-0.05, 0) is 32.1 Å². The highest BCUT2D eigenvalue weighted by Gasteiger charge is 2.23. The van der Waals surface area contributed by atoms with E-state index < -0.39 is 0 Å². The van der Waals surface area contributed by atoms with Gasteiger partial charge in [0.25, 0.3) is 0 Å². The third-order valence-electron chi connectivity index (χ3n) is 3.25. The van der Waals surface area contributed by atoms with Crippen LogP contribution in [0.5, 0.6) is 0 Å². The fraction of sp³-hybridized carbons (Fsp3) is 0.909. The second kappa shape index (κ2) is 5.35. The molecule has 82 valence electrons. The van der Waals surface area contributed by atoms with Gasteiger partial charge in [-0.15, -0.1) is 0 Å². The molecule has 3 N–H and O–H groups in total. The minimum absolute atomic E-state index is 0.00639. The van der Waals surface area contributed by atoms with Crippen LogP contribution in [0.2, 0.25) is 0 Å². The number of nitrogens with one attached hydrogen (secondary N) is 1. The smallest absolute Gasteiger partial charge is 0.237 e. The molecule has 0 spiro atoms. The zero-order valence-electron chi connectivity index (χ0n) is 9.25. The number of hydrogen-bond acceptors (Lipinski definition) is 2. The fourth-order valence-electron chi connectivity index (χ4n) is 2.09. The van der Waals surface area contributed by atoms with E-state index >= 15 is 0 Å². The van der Waals surface area contributed by atoms with Crippen molar-refractivity contribution in [2.45, 2.75) is 58.0 Å². The minimum atomic E-state index is -0.334. The predicted octanol–water partition coefficient (Wildman–Crippen LogP) is 1.42. The highest BCUT2D eigenvalue weighted by molar-refractivity contribution is 5.81. The van der Waals surface area contributed by atoms with Gasteiger partial charge in [0.05, 0.1) is 6.04 Å². The Morgan fingerprint density at radius 3 is 2.57 bits per heavy atom. The Balaban J connectivity index is 2.31. The molecule has 0 aliphatic heterocycles. The van der Waals surface area contributed by atoms with Crippen LogP contribution in [-0.2, 0) is 4.79 Å². The zero-order chi connectivity index (χ0) is 10.6. The molecule has 1 rings (SSSR count). The van der Waals surface area contributed by atoms with Crippen LogP contribution in [0.4, 0.5) is 0 Å². The van der Waals surface area contributed by atoms with Crippen LogP contribution in [0.1, 0.15) is 46.0 Å². The highest BCUT2D eigenvalue weighted by Crippen LogP contribution is 2.27. The van der Waals surface area contributed by atoms with Crippen molar-refractivity contribution in [3.8, 4) is 0 Å². The quantitative estimate of drug-likeness (QED) is 0.717. The summed E-state index contributed by atoms with van der Waals surface area (Å²) in [6.07, 6.45) is 5.84. The van der Waals surface area contributed by atoms with E-state index in [1.165, 1.54) is 25.7 Å². The number of carbonyl (C=O) groups is 1. The Morgan fingerprint density at radius 2 is 2.07 bits per heavy atom. The van der Waals surface area contributed by atoms with E-state index in [1.807, 2.05) is 6.92 Å². The molecule has 1 fully saturated rings. The minimum Gasteiger partial charge on any atom is -0.352 e. The Hall–Kier alpha value is -0.570. The van der Waals surface area contributed by atoms with Gasteiger partial charge in [-0.25, -0.2) is 0 Å². The SMILES string of the molecule is CC[C@@H](N)C(=O)N[C@@H](C)C1CCCC1. The first kappa shape index (κ1) is 11.5. The molecule has 0 saturated heterocycles. The normalized spacial score (nSPS) is 21.9. The molecule has 0 unspecified atom stereocenters. The molecule has 3 heteroatoms. The number of nitrogens with two attached hydrogens (primary N) is 1. The van der Waals surface area contributed by atoms with E-state index in [1.54, 1.807) is 0 Å². The molecule has 1 amide bonds. The van der Waals surface area contributed by atoms with Crippen molar-refractivity contribution in [3.05, 3.63) is 0 Å². The summed E-state index contributed by atoms with van der Waals surface area (Å²) in [5.74, 6) is 0.676. The molecule has 1 aliphatic carbocycles. The number of amides is 1. The molecule has 3 nitrogen and oxygen atoms in total. The average Bonchev–Trinajstić information content (AvgIpc) is 2.69. The lowest BCUT2D eigenvalue weighted by Gasteiger charge is -2.22. The first-order chi connectivity index (χ1) is 6.65. The lowest BCUT2D eigenvalue weighted by atomic mass is 9.99. The van der Waals surface area contributed by atoms with Crippen LogP contribution in [0.15, 0.2) is 0 Å². The van der Waals surface area contributed by atoms with E-state index in [9.17, 15) is 4.79 Å². The number of carbonyl (C=O) groups excluding carboxylic acids is 1. The van der Waals surface area contributed by atoms with Gasteiger partial charge in [0.15, 0.2) is 0 Å². The van der Waals surface area contributed by atoms with E-state index in [0.29, 0.717) is 18.4 Å². The first-order valence-corrected chi connectivity index (χ1v) is 5.71. The lowest BCUT2D eigenvalue weighted by molar-refractivity contribution is -0.123. The maximum Gasteiger partial charge on any atom is 0.237 e. The van der Waals surface area contributed by atoms with E-state index in [4.69, 9.17) is 5.73 Å². The monoisotopic (exact) mass is 198 g/mol. The third kappa shape index (κ3) is 2.98. The van der Waals surface area contributed by atoms with Gasteiger partial charge in [-0.2, -0.15) is 0 Å². The molecule has 0 heterocycles. The molecule has 0 radical (unpaired) electrons. The van der Waals surface area contributed by atoms with Crippen LogP contribution < -0.4 is 11.1 Å². The molecule has 14 heavy (non-hydrogen) atoms. The summed E-state index contributed by atoms with van der Waals surface area (Å²) < 4.78 is 0. The van der Waals surface area contributed by atoms with Crippen molar-refractivity contribution < 1.29 is 4.79 Å². The summed E-state index contributed by atoms with van der Waals surface area (Å²) in [7, 11) is 0. The van der Waals surface area contributed by atoms with Gasteiger partial charge in [0, 0.05) is 6.04 Å². The van der Waals surface area contributed by atoms with E-state index in [0.717, 1.165) is 0 Å². The maximum atomic E-state index is 11.5.